The molecule has 0 N–H and O–H groups in total. The van der Waals surface area contributed by atoms with Crippen LogP contribution in [0.2, 0.25) is 0 Å². The summed E-state index contributed by atoms with van der Waals surface area (Å²) in [5, 5.41) is 0. The highest BCUT2D eigenvalue weighted by atomic mass is 35.5. The Kier molecular flexibility index (Phi) is 5.06. The molecule has 0 aromatic heterocycles. The Morgan fingerprint density at radius 1 is 1.25 bits per heavy atom. The van der Waals surface area contributed by atoms with Gasteiger partial charge in [0.2, 0.25) is 0 Å². The summed E-state index contributed by atoms with van der Waals surface area (Å²) in [7, 11) is 1.76. The van der Waals surface area contributed by atoms with E-state index in [4.69, 9.17) is 0 Å². The van der Waals surface area contributed by atoms with Gasteiger partial charge in [0.15, 0.2) is 0 Å². The van der Waals surface area contributed by atoms with Gasteiger partial charge in [0.05, 0.1) is 0 Å². The van der Waals surface area contributed by atoms with Crippen molar-refractivity contribution in [3.63, 3.8) is 0 Å². The van der Waals surface area contributed by atoms with Crippen LogP contribution in [-0.4, -0.2) is 13.3 Å². The van der Waals surface area contributed by atoms with Crippen LogP contribution in [0.5, 0.6) is 0 Å². The summed E-state index contributed by atoms with van der Waals surface area (Å²) in [6.07, 6.45) is 3.66. The van der Waals surface area contributed by atoms with Gasteiger partial charge in [-0.2, -0.15) is 0 Å². The lowest BCUT2D eigenvalue weighted by Crippen LogP contribution is -1.84. The van der Waals surface area contributed by atoms with Crippen molar-refractivity contribution in [1.82, 2.24) is 0 Å². The van der Waals surface area contributed by atoms with Crippen molar-refractivity contribution in [2.24, 2.45) is 4.99 Å². The quantitative estimate of drug-likeness (QED) is 0.623. The zero-order valence-electron chi connectivity index (χ0n) is 7.03. The number of aliphatic imine (C=N–C) groups is 1. The topological polar surface area (TPSA) is 12.4 Å². The van der Waals surface area contributed by atoms with Gasteiger partial charge in [0.25, 0.3) is 0 Å². The van der Waals surface area contributed by atoms with E-state index >= 15 is 0 Å². The van der Waals surface area contributed by atoms with Gasteiger partial charge in [0.1, 0.15) is 0 Å². The highest BCUT2D eigenvalue weighted by Crippen LogP contribution is 2.06. The Bertz CT molecular complexity index is 279. The molecule has 0 amide bonds. The largest absolute Gasteiger partial charge is 0.296 e. The van der Waals surface area contributed by atoms with Crippen LogP contribution in [0.4, 0.5) is 0 Å². The summed E-state index contributed by atoms with van der Waals surface area (Å²) in [5.74, 6) is 0. The molecule has 0 atom stereocenters. The Morgan fingerprint density at radius 2 is 1.83 bits per heavy atom. The molecule has 1 rings (SSSR count). The molecule has 0 saturated carbocycles. The monoisotopic (exact) mass is 181 g/mol. The minimum atomic E-state index is 0. The number of halogens is 1. The molecule has 0 spiro atoms. The summed E-state index contributed by atoms with van der Waals surface area (Å²) in [6, 6.07) is 8.02. The molecule has 0 radical (unpaired) electrons. The van der Waals surface area contributed by atoms with Crippen LogP contribution in [0.15, 0.2) is 35.8 Å². The molecule has 0 saturated heterocycles. The number of nitrogens with zero attached hydrogens (tertiary/aromatic N) is 1. The van der Waals surface area contributed by atoms with Crippen LogP contribution < -0.4 is 0 Å². The fourth-order valence-corrected chi connectivity index (χ4v) is 0.953. The Hall–Kier alpha value is -1.08. The van der Waals surface area contributed by atoms with E-state index in [9.17, 15) is 0 Å². The summed E-state index contributed by atoms with van der Waals surface area (Å²) in [6.45, 7) is 3.71. The van der Waals surface area contributed by atoms with Gasteiger partial charge in [-0.3, -0.25) is 4.99 Å². The van der Waals surface area contributed by atoms with Crippen molar-refractivity contribution < 1.29 is 0 Å². The van der Waals surface area contributed by atoms with Gasteiger partial charge in [-0.25, -0.2) is 0 Å². The van der Waals surface area contributed by atoms with Crippen LogP contribution in [0, 0.1) is 0 Å². The lowest BCUT2D eigenvalue weighted by Gasteiger charge is -1.96. The molecule has 64 valence electrons. The third kappa shape index (κ3) is 2.51. The molecule has 12 heavy (non-hydrogen) atoms. The summed E-state index contributed by atoms with van der Waals surface area (Å²) >= 11 is 0. The maximum Gasteiger partial charge on any atom is 0.0287 e. The van der Waals surface area contributed by atoms with Crippen molar-refractivity contribution in [2.45, 2.75) is 0 Å². The zero-order valence-corrected chi connectivity index (χ0v) is 7.84. The minimum Gasteiger partial charge on any atom is -0.296 e. The average molecular weight is 182 g/mol. The van der Waals surface area contributed by atoms with E-state index in [2.05, 4.69) is 11.6 Å². The molecular formula is C10H12ClN. The Morgan fingerprint density at radius 3 is 2.33 bits per heavy atom. The lowest BCUT2D eigenvalue weighted by molar-refractivity contribution is 1.46. The van der Waals surface area contributed by atoms with Crippen molar-refractivity contribution in [3.05, 3.63) is 42.0 Å². The molecule has 1 nitrogen and oxygen atoms in total. The first-order valence-corrected chi connectivity index (χ1v) is 3.52. The number of hydrogen-bond acceptors (Lipinski definition) is 1. The van der Waals surface area contributed by atoms with Gasteiger partial charge in [-0.15, -0.1) is 12.4 Å². The van der Waals surface area contributed by atoms with Crippen LogP contribution >= 0.6 is 12.4 Å². The SMILES string of the molecule is C=Cc1ccccc1C=NC.Cl. The molecule has 1 aromatic rings. The fourth-order valence-electron chi connectivity index (χ4n) is 0.953. The van der Waals surface area contributed by atoms with Crippen molar-refractivity contribution in [1.29, 1.82) is 0 Å². The summed E-state index contributed by atoms with van der Waals surface area (Å²) in [5.41, 5.74) is 2.24. The van der Waals surface area contributed by atoms with Gasteiger partial charge in [0, 0.05) is 13.3 Å². The van der Waals surface area contributed by atoms with Gasteiger partial charge in [-0.05, 0) is 11.1 Å². The molecule has 0 fully saturated rings. The Balaban J connectivity index is 0.00000121. The van der Waals surface area contributed by atoms with Crippen LogP contribution in [0.1, 0.15) is 11.1 Å². The van der Waals surface area contributed by atoms with Crippen molar-refractivity contribution in [2.75, 3.05) is 7.05 Å². The second-order valence-electron chi connectivity index (χ2n) is 2.22. The standard InChI is InChI=1S/C10H11N.ClH/c1-3-9-6-4-5-7-10(9)8-11-2;/h3-8H,1H2,2H3;1H. The fraction of sp³-hybridized carbons (Fsp3) is 0.100. The van der Waals surface area contributed by atoms with Gasteiger partial charge in [-0.1, -0.05) is 36.9 Å². The third-order valence-electron chi connectivity index (χ3n) is 1.48. The second kappa shape index (κ2) is 5.56. The summed E-state index contributed by atoms with van der Waals surface area (Å²) < 4.78 is 0. The highest BCUT2D eigenvalue weighted by Gasteiger charge is 1.91. The number of rotatable bonds is 2. The highest BCUT2D eigenvalue weighted by molar-refractivity contribution is 5.85. The molecule has 0 unspecified atom stereocenters. The van der Waals surface area contributed by atoms with E-state index in [1.54, 1.807) is 7.05 Å². The van der Waals surface area contributed by atoms with Crippen LogP contribution in [-0.2, 0) is 0 Å². The smallest absolute Gasteiger partial charge is 0.0287 e. The number of benzene rings is 1. The lowest BCUT2D eigenvalue weighted by atomic mass is 10.1. The molecule has 0 aliphatic rings. The molecule has 1 aromatic carbocycles. The number of hydrogen-bond donors (Lipinski definition) is 0. The molecular weight excluding hydrogens is 170 g/mol. The predicted molar refractivity (Wildman–Crippen MR) is 57.3 cm³/mol. The summed E-state index contributed by atoms with van der Waals surface area (Å²) in [4.78, 5) is 3.94. The third-order valence-corrected chi connectivity index (χ3v) is 1.48. The molecule has 2 heteroatoms. The molecule has 0 aliphatic heterocycles. The maximum atomic E-state index is 3.94. The van der Waals surface area contributed by atoms with Crippen molar-refractivity contribution >= 4 is 24.7 Å². The average Bonchev–Trinajstić information content (AvgIpc) is 2.06. The molecule has 0 aliphatic carbocycles. The first-order valence-electron chi connectivity index (χ1n) is 3.52. The van der Waals surface area contributed by atoms with Crippen molar-refractivity contribution in [3.8, 4) is 0 Å². The zero-order chi connectivity index (χ0) is 8.10. The van der Waals surface area contributed by atoms with Gasteiger partial charge < -0.3 is 0 Å². The van der Waals surface area contributed by atoms with E-state index < -0.39 is 0 Å². The Labute approximate surface area is 79.2 Å². The van der Waals surface area contributed by atoms with Crippen LogP contribution in [0.25, 0.3) is 6.08 Å². The molecule has 0 bridgehead atoms. The first-order chi connectivity index (χ1) is 5.38. The van der Waals surface area contributed by atoms with E-state index in [1.807, 2.05) is 36.6 Å². The maximum absolute atomic E-state index is 3.94. The van der Waals surface area contributed by atoms with E-state index in [-0.39, 0.29) is 12.4 Å². The molecule has 0 heterocycles. The first kappa shape index (κ1) is 10.9. The van der Waals surface area contributed by atoms with E-state index in [1.165, 1.54) is 0 Å². The van der Waals surface area contributed by atoms with Crippen LogP contribution in [0.3, 0.4) is 0 Å². The van der Waals surface area contributed by atoms with Gasteiger partial charge >= 0.3 is 0 Å². The van der Waals surface area contributed by atoms with E-state index in [0.29, 0.717) is 0 Å². The predicted octanol–water partition coefficient (Wildman–Crippen LogP) is 2.80. The second-order valence-corrected chi connectivity index (χ2v) is 2.22. The minimum absolute atomic E-state index is 0. The van der Waals surface area contributed by atoms with E-state index in [0.717, 1.165) is 11.1 Å². The normalized spacial score (nSPS) is 9.42.